The summed E-state index contributed by atoms with van der Waals surface area (Å²) in [4.78, 5) is 27.6. The fourth-order valence-corrected chi connectivity index (χ4v) is 4.58. The third-order valence-electron chi connectivity index (χ3n) is 6.44. The summed E-state index contributed by atoms with van der Waals surface area (Å²) in [5, 5.41) is 10.8. The average Bonchev–Trinajstić information content (AvgIpc) is 3.32. The van der Waals surface area contributed by atoms with Gasteiger partial charge in [-0.25, -0.2) is 4.39 Å². The predicted molar refractivity (Wildman–Crippen MR) is 108 cm³/mol. The molecule has 5 rings (SSSR count). The number of ether oxygens (including phenoxy) is 1. The van der Waals surface area contributed by atoms with E-state index >= 15 is 0 Å². The number of halogens is 1. The number of alkyl halides is 1. The third-order valence-corrected chi connectivity index (χ3v) is 6.44. The summed E-state index contributed by atoms with van der Waals surface area (Å²) in [6.07, 6.45) is 2.44. The molecule has 1 aromatic heterocycles. The van der Waals surface area contributed by atoms with Crippen molar-refractivity contribution in [2.24, 2.45) is 5.92 Å². The summed E-state index contributed by atoms with van der Waals surface area (Å²) >= 11 is 0. The van der Waals surface area contributed by atoms with E-state index in [1.165, 1.54) is 6.92 Å². The molecule has 0 bridgehead atoms. The van der Waals surface area contributed by atoms with Gasteiger partial charge in [-0.1, -0.05) is 18.9 Å². The normalized spacial score (nSPS) is 24.6. The van der Waals surface area contributed by atoms with Crippen LogP contribution in [0.5, 0.6) is 0 Å². The molecule has 2 fully saturated rings. The molecule has 31 heavy (non-hydrogen) atoms. The minimum absolute atomic E-state index is 0.0175. The lowest BCUT2D eigenvalue weighted by atomic mass is 9.88. The molecule has 164 valence electrons. The zero-order chi connectivity index (χ0) is 21.5. The van der Waals surface area contributed by atoms with E-state index in [-0.39, 0.29) is 41.6 Å². The van der Waals surface area contributed by atoms with Crippen molar-refractivity contribution in [3.05, 3.63) is 35.2 Å². The van der Waals surface area contributed by atoms with Crippen molar-refractivity contribution in [1.82, 2.24) is 20.4 Å². The smallest absolute Gasteiger partial charge is 0.254 e. The van der Waals surface area contributed by atoms with Crippen LogP contribution in [0.3, 0.4) is 0 Å². The topological polar surface area (TPSA) is 97.6 Å². The van der Waals surface area contributed by atoms with Gasteiger partial charge in [0.05, 0.1) is 25.2 Å². The van der Waals surface area contributed by atoms with Crippen molar-refractivity contribution in [3.63, 3.8) is 0 Å². The summed E-state index contributed by atoms with van der Waals surface area (Å²) in [6, 6.07) is 5.34. The van der Waals surface area contributed by atoms with Gasteiger partial charge in [0.2, 0.25) is 11.8 Å². The van der Waals surface area contributed by atoms with Crippen molar-refractivity contribution in [3.8, 4) is 11.5 Å². The lowest BCUT2D eigenvalue weighted by Gasteiger charge is -2.39. The van der Waals surface area contributed by atoms with Crippen LogP contribution in [0, 0.1) is 5.92 Å². The van der Waals surface area contributed by atoms with Crippen LogP contribution in [0.15, 0.2) is 22.6 Å². The highest BCUT2D eigenvalue weighted by atomic mass is 19.1. The van der Waals surface area contributed by atoms with Crippen molar-refractivity contribution in [2.75, 3.05) is 13.2 Å². The van der Waals surface area contributed by atoms with Gasteiger partial charge < -0.3 is 19.4 Å². The SMILES string of the molecule is CC(F)c1nnc(-c2ccc3c(c2)C(=O)N(C2CCCC[C@H]2NC(=O)C2COC2)C3)o1. The molecule has 1 saturated carbocycles. The van der Waals surface area contributed by atoms with Gasteiger partial charge in [-0.2, -0.15) is 0 Å². The van der Waals surface area contributed by atoms with Crippen LogP contribution in [0.25, 0.3) is 11.5 Å². The fraction of sp³-hybridized carbons (Fsp3) is 0.545. The van der Waals surface area contributed by atoms with Crippen molar-refractivity contribution in [1.29, 1.82) is 0 Å². The van der Waals surface area contributed by atoms with Crippen molar-refractivity contribution >= 4 is 11.8 Å². The minimum atomic E-state index is -1.35. The number of rotatable bonds is 5. The Morgan fingerprint density at radius 2 is 2.06 bits per heavy atom. The van der Waals surface area contributed by atoms with Gasteiger partial charge >= 0.3 is 0 Å². The minimum Gasteiger partial charge on any atom is -0.418 e. The predicted octanol–water partition coefficient (Wildman–Crippen LogP) is 2.80. The van der Waals surface area contributed by atoms with Crippen LogP contribution in [-0.2, 0) is 16.1 Å². The molecule has 0 spiro atoms. The number of nitrogens with one attached hydrogen (secondary N) is 1. The van der Waals surface area contributed by atoms with Gasteiger partial charge in [-0.3, -0.25) is 9.59 Å². The van der Waals surface area contributed by atoms with Crippen LogP contribution in [0.4, 0.5) is 4.39 Å². The molecule has 3 aliphatic rings. The number of hydrogen-bond acceptors (Lipinski definition) is 6. The van der Waals surface area contributed by atoms with Crippen molar-refractivity contribution < 1.29 is 23.1 Å². The quantitative estimate of drug-likeness (QED) is 0.787. The summed E-state index contributed by atoms with van der Waals surface area (Å²) in [5.74, 6) is -0.0133. The van der Waals surface area contributed by atoms with Gasteiger partial charge in [0.1, 0.15) is 0 Å². The zero-order valence-electron chi connectivity index (χ0n) is 17.3. The van der Waals surface area contributed by atoms with E-state index in [4.69, 9.17) is 9.15 Å². The lowest BCUT2D eigenvalue weighted by Crippen LogP contribution is -2.56. The lowest BCUT2D eigenvalue weighted by molar-refractivity contribution is -0.140. The van der Waals surface area contributed by atoms with E-state index < -0.39 is 6.17 Å². The number of nitrogens with zero attached hydrogens (tertiary/aromatic N) is 3. The van der Waals surface area contributed by atoms with Crippen LogP contribution in [0.2, 0.25) is 0 Å². The maximum atomic E-state index is 13.4. The molecule has 1 aliphatic carbocycles. The number of carbonyl (C=O) groups is 2. The van der Waals surface area contributed by atoms with Crippen LogP contribution in [0.1, 0.15) is 60.6 Å². The second kappa shape index (κ2) is 8.03. The van der Waals surface area contributed by atoms with E-state index in [0.717, 1.165) is 31.2 Å². The number of amides is 2. The molecular formula is C22H25FN4O4. The van der Waals surface area contributed by atoms with E-state index in [1.807, 2.05) is 17.0 Å². The fourth-order valence-electron chi connectivity index (χ4n) is 4.58. The van der Waals surface area contributed by atoms with Gasteiger partial charge in [0.15, 0.2) is 6.17 Å². The molecule has 1 N–H and O–H groups in total. The second-order valence-electron chi connectivity index (χ2n) is 8.57. The number of carbonyl (C=O) groups excluding carboxylic acids is 2. The third kappa shape index (κ3) is 3.71. The van der Waals surface area contributed by atoms with E-state index in [0.29, 0.717) is 30.9 Å². The number of benzene rings is 1. The van der Waals surface area contributed by atoms with E-state index in [2.05, 4.69) is 15.5 Å². The Balaban J connectivity index is 1.35. The van der Waals surface area contributed by atoms with Gasteiger partial charge in [0.25, 0.3) is 11.8 Å². The monoisotopic (exact) mass is 428 g/mol. The summed E-state index contributed by atoms with van der Waals surface area (Å²) in [7, 11) is 0. The zero-order valence-corrected chi connectivity index (χ0v) is 17.3. The molecular weight excluding hydrogens is 403 g/mol. The molecule has 2 aliphatic heterocycles. The molecule has 9 heteroatoms. The standard InChI is InChI=1S/C22H25FN4O4/c1-12(23)20-25-26-21(31-20)13-6-7-14-9-27(22(29)16(14)8-13)18-5-3-2-4-17(18)24-19(28)15-10-30-11-15/h6-8,12,15,17-18H,2-5,9-11H2,1H3,(H,24,28)/t12?,17-,18?/m1/s1. The van der Waals surface area contributed by atoms with Crippen LogP contribution >= 0.6 is 0 Å². The van der Waals surface area contributed by atoms with Crippen LogP contribution < -0.4 is 5.32 Å². The highest BCUT2D eigenvalue weighted by molar-refractivity contribution is 5.99. The molecule has 2 unspecified atom stereocenters. The average molecular weight is 428 g/mol. The van der Waals surface area contributed by atoms with Gasteiger partial charge in [-0.15, -0.1) is 10.2 Å². The molecule has 8 nitrogen and oxygen atoms in total. The molecule has 2 amide bonds. The van der Waals surface area contributed by atoms with Gasteiger partial charge in [0, 0.05) is 23.7 Å². The molecule has 1 saturated heterocycles. The Labute approximate surface area is 179 Å². The Bertz CT molecular complexity index is 1000. The first-order chi connectivity index (χ1) is 15.0. The highest BCUT2D eigenvalue weighted by Gasteiger charge is 2.40. The Hall–Kier alpha value is -2.81. The highest BCUT2D eigenvalue weighted by Crippen LogP contribution is 2.34. The Kier molecular flexibility index (Phi) is 5.21. The molecule has 0 radical (unpaired) electrons. The number of aromatic nitrogens is 2. The van der Waals surface area contributed by atoms with E-state index in [1.54, 1.807) is 6.07 Å². The Morgan fingerprint density at radius 3 is 2.77 bits per heavy atom. The second-order valence-corrected chi connectivity index (χ2v) is 8.57. The summed E-state index contributed by atoms with van der Waals surface area (Å²) in [6.45, 7) is 2.78. The number of fused-ring (bicyclic) bond motifs is 1. The van der Waals surface area contributed by atoms with Crippen molar-refractivity contribution in [2.45, 2.75) is 57.4 Å². The first kappa shape index (κ1) is 20.1. The summed E-state index contributed by atoms with van der Waals surface area (Å²) in [5.41, 5.74) is 2.11. The molecule has 3 heterocycles. The van der Waals surface area contributed by atoms with Crippen LogP contribution in [-0.4, -0.2) is 52.2 Å². The van der Waals surface area contributed by atoms with E-state index in [9.17, 15) is 14.0 Å². The molecule has 2 aromatic rings. The maximum Gasteiger partial charge on any atom is 0.254 e. The maximum absolute atomic E-state index is 13.4. The number of hydrogen-bond donors (Lipinski definition) is 1. The molecule has 3 atom stereocenters. The molecule has 1 aromatic carbocycles. The largest absolute Gasteiger partial charge is 0.418 e. The Morgan fingerprint density at radius 1 is 1.26 bits per heavy atom. The van der Waals surface area contributed by atoms with Gasteiger partial charge in [-0.05, 0) is 37.5 Å². The first-order valence-corrected chi connectivity index (χ1v) is 10.8. The first-order valence-electron chi connectivity index (χ1n) is 10.8. The summed E-state index contributed by atoms with van der Waals surface area (Å²) < 4.78 is 23.9.